The molecule has 0 fully saturated rings. The third-order valence-electron chi connectivity index (χ3n) is 3.54. The van der Waals surface area contributed by atoms with Crippen LogP contribution in [0.2, 0.25) is 0 Å². The largest absolute Gasteiger partial charge is 0.491 e. The molecule has 2 aromatic rings. The van der Waals surface area contributed by atoms with Gasteiger partial charge in [-0.25, -0.2) is 0 Å². The van der Waals surface area contributed by atoms with Gasteiger partial charge in [0.15, 0.2) is 5.78 Å². The highest BCUT2D eigenvalue weighted by Crippen LogP contribution is 2.18. The average Bonchev–Trinajstić information content (AvgIpc) is 2.65. The van der Waals surface area contributed by atoms with Crippen LogP contribution in [-0.4, -0.2) is 21.7 Å². The number of carbonyl (C=O) groups excluding carboxylic acids is 1. The minimum Gasteiger partial charge on any atom is -0.491 e. The van der Waals surface area contributed by atoms with Crippen LogP contribution in [0, 0.1) is 13.8 Å². The number of rotatable bonds is 5. The first-order chi connectivity index (χ1) is 9.88. The monoisotopic (exact) mass is 286 g/mol. The first kappa shape index (κ1) is 15.3. The lowest BCUT2D eigenvalue weighted by molar-refractivity contribution is 0.0992. The molecule has 2 rings (SSSR count). The van der Waals surface area contributed by atoms with Gasteiger partial charge in [0, 0.05) is 30.3 Å². The van der Waals surface area contributed by atoms with E-state index in [1.54, 1.807) is 0 Å². The molecule has 0 saturated carbocycles. The predicted octanol–water partition coefficient (Wildman–Crippen LogP) is 3.25. The summed E-state index contributed by atoms with van der Waals surface area (Å²) in [6, 6.07) is 7.33. The standard InChI is InChI=1S/C17H22N2O2/c1-11(2)21-15-8-6-14(7-9-15)17(20)10-16-12(3)18-19(5)13(16)4/h6-9,11H,10H2,1-5H3. The second kappa shape index (κ2) is 6.12. The van der Waals surface area contributed by atoms with E-state index in [1.807, 2.05) is 63.7 Å². The molecule has 0 spiro atoms. The molecule has 0 radical (unpaired) electrons. The Morgan fingerprint density at radius 2 is 1.86 bits per heavy atom. The fourth-order valence-corrected chi connectivity index (χ4v) is 2.33. The smallest absolute Gasteiger partial charge is 0.167 e. The van der Waals surface area contributed by atoms with Crippen LogP contribution in [0.1, 0.15) is 41.2 Å². The Balaban J connectivity index is 2.13. The summed E-state index contributed by atoms with van der Waals surface area (Å²) >= 11 is 0. The van der Waals surface area contributed by atoms with Gasteiger partial charge in [0.1, 0.15) is 5.75 Å². The molecule has 4 nitrogen and oxygen atoms in total. The first-order valence-electron chi connectivity index (χ1n) is 7.17. The van der Waals surface area contributed by atoms with Crippen LogP contribution in [0.25, 0.3) is 0 Å². The molecule has 1 heterocycles. The van der Waals surface area contributed by atoms with Gasteiger partial charge in [0.2, 0.25) is 0 Å². The van der Waals surface area contributed by atoms with Crippen LogP contribution in [-0.2, 0) is 13.5 Å². The maximum absolute atomic E-state index is 12.4. The summed E-state index contributed by atoms with van der Waals surface area (Å²) in [5.41, 5.74) is 3.68. The van der Waals surface area contributed by atoms with E-state index in [-0.39, 0.29) is 11.9 Å². The van der Waals surface area contributed by atoms with Gasteiger partial charge in [-0.2, -0.15) is 5.10 Å². The number of ketones is 1. The third-order valence-corrected chi connectivity index (χ3v) is 3.54. The van der Waals surface area contributed by atoms with Crippen LogP contribution in [0.3, 0.4) is 0 Å². The molecular formula is C17H22N2O2. The highest BCUT2D eigenvalue weighted by molar-refractivity contribution is 5.97. The molecule has 0 saturated heterocycles. The Morgan fingerprint density at radius 3 is 2.33 bits per heavy atom. The van der Waals surface area contributed by atoms with E-state index in [4.69, 9.17) is 4.74 Å². The molecule has 112 valence electrons. The minimum atomic E-state index is 0.102. The molecule has 21 heavy (non-hydrogen) atoms. The topological polar surface area (TPSA) is 44.1 Å². The Kier molecular flexibility index (Phi) is 4.46. The van der Waals surface area contributed by atoms with Crippen LogP contribution in [0.5, 0.6) is 5.75 Å². The predicted molar refractivity (Wildman–Crippen MR) is 82.9 cm³/mol. The molecular weight excluding hydrogens is 264 g/mol. The molecule has 0 bridgehead atoms. The van der Waals surface area contributed by atoms with Crippen molar-refractivity contribution < 1.29 is 9.53 Å². The fourth-order valence-electron chi connectivity index (χ4n) is 2.33. The third kappa shape index (κ3) is 3.51. The molecule has 0 aliphatic rings. The number of hydrogen-bond acceptors (Lipinski definition) is 3. The highest BCUT2D eigenvalue weighted by atomic mass is 16.5. The van der Waals surface area contributed by atoms with Crippen molar-refractivity contribution >= 4 is 5.78 Å². The lowest BCUT2D eigenvalue weighted by Crippen LogP contribution is -2.07. The molecule has 0 amide bonds. The van der Waals surface area contributed by atoms with E-state index < -0.39 is 0 Å². The van der Waals surface area contributed by atoms with E-state index >= 15 is 0 Å². The van der Waals surface area contributed by atoms with Gasteiger partial charge in [0.05, 0.1) is 11.8 Å². The van der Waals surface area contributed by atoms with E-state index in [0.29, 0.717) is 12.0 Å². The molecule has 0 aliphatic carbocycles. The zero-order valence-electron chi connectivity index (χ0n) is 13.3. The van der Waals surface area contributed by atoms with Gasteiger partial charge in [-0.3, -0.25) is 9.48 Å². The molecule has 4 heteroatoms. The summed E-state index contributed by atoms with van der Waals surface area (Å²) in [6.07, 6.45) is 0.517. The van der Waals surface area contributed by atoms with Gasteiger partial charge in [-0.05, 0) is 52.0 Å². The number of aryl methyl sites for hydroxylation is 2. The Hall–Kier alpha value is -2.10. The molecule has 0 N–H and O–H groups in total. The molecule has 0 atom stereocenters. The fraction of sp³-hybridized carbons (Fsp3) is 0.412. The SMILES string of the molecule is Cc1nn(C)c(C)c1CC(=O)c1ccc(OC(C)C)cc1. The number of carbonyl (C=O) groups is 1. The zero-order chi connectivity index (χ0) is 15.6. The number of aromatic nitrogens is 2. The molecule has 1 aromatic heterocycles. The summed E-state index contributed by atoms with van der Waals surface area (Å²) in [5, 5.41) is 4.35. The number of hydrogen-bond donors (Lipinski definition) is 0. The second-order valence-corrected chi connectivity index (χ2v) is 5.56. The quantitative estimate of drug-likeness (QED) is 0.792. The molecule has 1 aromatic carbocycles. The summed E-state index contributed by atoms with van der Waals surface area (Å²) in [4.78, 5) is 12.4. The lowest BCUT2D eigenvalue weighted by atomic mass is 10.0. The van der Waals surface area contributed by atoms with E-state index in [0.717, 1.165) is 22.7 Å². The van der Waals surface area contributed by atoms with Crippen LogP contribution >= 0.6 is 0 Å². The van der Waals surface area contributed by atoms with Crippen LogP contribution in [0.4, 0.5) is 0 Å². The number of Topliss-reactive ketones (excluding diaryl/α,β-unsaturated/α-hetero) is 1. The maximum Gasteiger partial charge on any atom is 0.167 e. The van der Waals surface area contributed by atoms with Crippen molar-refractivity contribution in [2.75, 3.05) is 0 Å². The van der Waals surface area contributed by atoms with Crippen molar-refractivity contribution in [1.82, 2.24) is 9.78 Å². The van der Waals surface area contributed by atoms with Gasteiger partial charge in [-0.1, -0.05) is 0 Å². The van der Waals surface area contributed by atoms with Crippen molar-refractivity contribution in [2.24, 2.45) is 7.05 Å². The Bertz CT molecular complexity index is 640. The summed E-state index contributed by atoms with van der Waals surface area (Å²) in [6.45, 7) is 7.89. The van der Waals surface area contributed by atoms with Crippen molar-refractivity contribution in [1.29, 1.82) is 0 Å². The molecule has 0 aliphatic heterocycles. The van der Waals surface area contributed by atoms with Gasteiger partial charge in [-0.15, -0.1) is 0 Å². The normalized spacial score (nSPS) is 11.0. The highest BCUT2D eigenvalue weighted by Gasteiger charge is 2.15. The number of benzene rings is 1. The Labute approximate surface area is 125 Å². The summed E-state index contributed by atoms with van der Waals surface area (Å²) < 4.78 is 7.40. The van der Waals surface area contributed by atoms with Gasteiger partial charge < -0.3 is 4.74 Å². The van der Waals surface area contributed by atoms with Crippen molar-refractivity contribution in [3.8, 4) is 5.75 Å². The van der Waals surface area contributed by atoms with Gasteiger partial charge >= 0.3 is 0 Å². The van der Waals surface area contributed by atoms with Crippen molar-refractivity contribution in [2.45, 2.75) is 40.2 Å². The van der Waals surface area contributed by atoms with Crippen molar-refractivity contribution in [3.05, 3.63) is 46.8 Å². The van der Waals surface area contributed by atoms with E-state index in [9.17, 15) is 4.79 Å². The lowest BCUT2D eigenvalue weighted by Gasteiger charge is -2.10. The van der Waals surface area contributed by atoms with Crippen LogP contribution < -0.4 is 4.74 Å². The maximum atomic E-state index is 12.4. The zero-order valence-corrected chi connectivity index (χ0v) is 13.3. The Morgan fingerprint density at radius 1 is 1.24 bits per heavy atom. The van der Waals surface area contributed by atoms with Crippen molar-refractivity contribution in [3.63, 3.8) is 0 Å². The number of nitrogens with zero attached hydrogens (tertiary/aromatic N) is 2. The van der Waals surface area contributed by atoms with E-state index in [1.165, 1.54) is 0 Å². The molecule has 0 unspecified atom stereocenters. The average molecular weight is 286 g/mol. The second-order valence-electron chi connectivity index (χ2n) is 5.56. The summed E-state index contributed by atoms with van der Waals surface area (Å²) in [5.74, 6) is 0.889. The number of ether oxygens (including phenoxy) is 1. The van der Waals surface area contributed by atoms with Gasteiger partial charge in [0.25, 0.3) is 0 Å². The van der Waals surface area contributed by atoms with E-state index in [2.05, 4.69) is 5.10 Å². The van der Waals surface area contributed by atoms with Crippen LogP contribution in [0.15, 0.2) is 24.3 Å². The first-order valence-corrected chi connectivity index (χ1v) is 7.17. The summed E-state index contributed by atoms with van der Waals surface area (Å²) in [7, 11) is 1.90. The minimum absolute atomic E-state index is 0.102.